The Morgan fingerprint density at radius 1 is 0.938 bits per heavy atom. The average molecular weight is 482 g/mol. The topological polar surface area (TPSA) is 113 Å². The van der Waals surface area contributed by atoms with Gasteiger partial charge in [-0.2, -0.15) is 4.31 Å². The van der Waals surface area contributed by atoms with E-state index in [4.69, 9.17) is 4.74 Å². The van der Waals surface area contributed by atoms with Crippen LogP contribution < -0.4 is 4.72 Å². The lowest BCUT2D eigenvalue weighted by Gasteiger charge is -2.32. The third-order valence-corrected chi connectivity index (χ3v) is 8.86. The second-order valence-corrected chi connectivity index (χ2v) is 11.4. The minimum absolute atomic E-state index is 0.0569. The molecule has 0 bridgehead atoms. The number of aryl methyl sites for hydroxylation is 2. The predicted molar refractivity (Wildman–Crippen MR) is 121 cm³/mol. The maximum atomic E-state index is 13.2. The van der Waals surface area contributed by atoms with Gasteiger partial charge in [0.05, 0.1) is 28.2 Å². The highest BCUT2D eigenvalue weighted by Gasteiger charge is 2.29. The molecule has 0 spiro atoms. The van der Waals surface area contributed by atoms with Gasteiger partial charge in [0.15, 0.2) is 0 Å². The van der Waals surface area contributed by atoms with Gasteiger partial charge in [-0.05, 0) is 56.3 Å². The summed E-state index contributed by atoms with van der Waals surface area (Å²) in [7, 11) is -4.70. The molecule has 0 unspecified atom stereocenters. The molecule has 1 aliphatic heterocycles. The largest absolute Gasteiger partial charge is 0.465 e. The van der Waals surface area contributed by atoms with Gasteiger partial charge in [0.2, 0.25) is 10.0 Å². The van der Waals surface area contributed by atoms with Crippen molar-refractivity contribution in [3.05, 3.63) is 53.1 Å². The molecule has 1 fully saturated rings. The van der Waals surface area contributed by atoms with Gasteiger partial charge < -0.3 is 9.64 Å². The number of hydrogen-bond donors (Lipinski definition) is 1. The fourth-order valence-electron chi connectivity index (χ4n) is 3.42. The summed E-state index contributed by atoms with van der Waals surface area (Å²) in [6, 6.07) is 8.52. The predicted octanol–water partition coefficient (Wildman–Crippen LogP) is 1.83. The molecule has 1 aliphatic rings. The summed E-state index contributed by atoms with van der Waals surface area (Å²) in [5.41, 5.74) is 1.35. The highest BCUT2D eigenvalue weighted by molar-refractivity contribution is 7.92. The van der Waals surface area contributed by atoms with Gasteiger partial charge in [-0.15, -0.1) is 0 Å². The number of anilines is 1. The zero-order chi connectivity index (χ0) is 23.7. The SMILES string of the molecule is COC(=O)c1cc(S(=O)(=O)Nc2ccc(C)c(S(=O)(=O)N3CCN(C)CC3)c2)ccc1C. The Hall–Kier alpha value is -2.47. The molecular weight excluding hydrogens is 454 g/mol. The van der Waals surface area contributed by atoms with Crippen molar-refractivity contribution in [3.8, 4) is 0 Å². The van der Waals surface area contributed by atoms with Crippen LogP contribution in [0.1, 0.15) is 21.5 Å². The van der Waals surface area contributed by atoms with Crippen molar-refractivity contribution in [1.29, 1.82) is 0 Å². The fourth-order valence-corrected chi connectivity index (χ4v) is 6.17. The maximum absolute atomic E-state index is 13.2. The molecule has 1 N–H and O–H groups in total. The fraction of sp³-hybridized carbons (Fsp3) is 0.381. The van der Waals surface area contributed by atoms with Crippen LogP contribution in [-0.4, -0.2) is 72.3 Å². The molecule has 0 atom stereocenters. The zero-order valence-electron chi connectivity index (χ0n) is 18.5. The third kappa shape index (κ3) is 4.96. The van der Waals surface area contributed by atoms with E-state index in [9.17, 15) is 21.6 Å². The lowest BCUT2D eigenvalue weighted by molar-refractivity contribution is 0.0599. The summed E-state index contributed by atoms with van der Waals surface area (Å²) in [6.45, 7) is 5.33. The molecule has 2 aromatic rings. The molecule has 0 radical (unpaired) electrons. The number of benzene rings is 2. The van der Waals surface area contributed by atoms with E-state index in [1.165, 1.54) is 41.7 Å². The molecule has 1 heterocycles. The second kappa shape index (κ2) is 9.18. The van der Waals surface area contributed by atoms with Gasteiger partial charge >= 0.3 is 5.97 Å². The molecule has 1 saturated heterocycles. The first-order valence-corrected chi connectivity index (χ1v) is 12.9. The Bertz CT molecular complexity index is 1230. The smallest absolute Gasteiger partial charge is 0.338 e. The number of ether oxygens (including phenoxy) is 1. The third-order valence-electron chi connectivity index (χ3n) is 5.45. The molecule has 11 heteroatoms. The minimum atomic E-state index is -4.07. The first-order valence-electron chi connectivity index (χ1n) is 9.97. The van der Waals surface area contributed by atoms with E-state index in [1.807, 2.05) is 11.9 Å². The van der Waals surface area contributed by atoms with E-state index >= 15 is 0 Å². The van der Waals surface area contributed by atoms with Crippen molar-refractivity contribution in [2.24, 2.45) is 0 Å². The van der Waals surface area contributed by atoms with E-state index in [0.717, 1.165) is 0 Å². The normalized spacial score (nSPS) is 16.0. The number of methoxy groups -OCH3 is 1. The van der Waals surface area contributed by atoms with E-state index in [2.05, 4.69) is 4.72 Å². The second-order valence-electron chi connectivity index (χ2n) is 7.76. The van der Waals surface area contributed by atoms with Crippen molar-refractivity contribution in [1.82, 2.24) is 9.21 Å². The number of rotatable bonds is 6. The summed E-state index contributed by atoms with van der Waals surface area (Å²) in [5.74, 6) is -0.643. The van der Waals surface area contributed by atoms with Crippen molar-refractivity contribution < 1.29 is 26.4 Å². The standard InChI is InChI=1S/C21H27N3O6S2/c1-15-6-8-18(14-19(15)21(25)30-4)31(26,27)22-17-7-5-16(2)20(13-17)32(28,29)24-11-9-23(3)10-12-24/h5-8,13-14,22H,9-12H2,1-4H3. The van der Waals surface area contributed by atoms with Gasteiger partial charge in [-0.1, -0.05) is 12.1 Å². The average Bonchev–Trinajstić information content (AvgIpc) is 2.74. The van der Waals surface area contributed by atoms with Crippen LogP contribution in [0.5, 0.6) is 0 Å². The van der Waals surface area contributed by atoms with Crippen LogP contribution in [0.4, 0.5) is 5.69 Å². The van der Waals surface area contributed by atoms with Crippen molar-refractivity contribution in [3.63, 3.8) is 0 Å². The highest BCUT2D eigenvalue weighted by atomic mass is 32.2. The summed E-state index contributed by atoms with van der Waals surface area (Å²) in [4.78, 5) is 13.9. The van der Waals surface area contributed by atoms with Crippen LogP contribution in [0, 0.1) is 13.8 Å². The van der Waals surface area contributed by atoms with E-state index < -0.39 is 26.0 Å². The monoisotopic (exact) mass is 481 g/mol. The molecule has 0 aromatic heterocycles. The number of sulfonamides is 2. The first kappa shape index (κ1) is 24.2. The molecule has 32 heavy (non-hydrogen) atoms. The summed E-state index contributed by atoms with van der Waals surface area (Å²) < 4.78 is 60.7. The van der Waals surface area contributed by atoms with Gasteiger partial charge in [0, 0.05) is 26.2 Å². The van der Waals surface area contributed by atoms with E-state index in [1.54, 1.807) is 19.9 Å². The van der Waals surface area contributed by atoms with Gasteiger partial charge in [0.25, 0.3) is 10.0 Å². The highest BCUT2D eigenvalue weighted by Crippen LogP contribution is 2.26. The van der Waals surface area contributed by atoms with Crippen LogP contribution >= 0.6 is 0 Å². The lowest BCUT2D eigenvalue weighted by Crippen LogP contribution is -2.47. The van der Waals surface area contributed by atoms with Gasteiger partial charge in [-0.25, -0.2) is 21.6 Å². The Labute approximate surface area is 189 Å². The number of carbonyl (C=O) groups excluding carboxylic acids is 1. The number of nitrogens with one attached hydrogen (secondary N) is 1. The molecular formula is C21H27N3O6S2. The Morgan fingerprint density at radius 2 is 1.56 bits per heavy atom. The molecule has 0 aliphatic carbocycles. The number of esters is 1. The van der Waals surface area contributed by atoms with Crippen LogP contribution in [0.15, 0.2) is 46.2 Å². The van der Waals surface area contributed by atoms with Gasteiger partial charge in [0.1, 0.15) is 0 Å². The van der Waals surface area contributed by atoms with E-state index in [-0.39, 0.29) is 21.0 Å². The molecule has 0 amide bonds. The number of carbonyl (C=O) groups is 1. The van der Waals surface area contributed by atoms with E-state index in [0.29, 0.717) is 37.3 Å². The molecule has 2 aromatic carbocycles. The minimum Gasteiger partial charge on any atom is -0.465 e. The first-order chi connectivity index (χ1) is 15.0. The Morgan fingerprint density at radius 3 is 2.19 bits per heavy atom. The summed E-state index contributed by atoms with van der Waals surface area (Å²) >= 11 is 0. The molecule has 3 rings (SSSR count). The Balaban J connectivity index is 1.93. The molecule has 0 saturated carbocycles. The van der Waals surface area contributed by atoms with Crippen molar-refractivity contribution in [2.75, 3.05) is 45.1 Å². The maximum Gasteiger partial charge on any atom is 0.338 e. The van der Waals surface area contributed by atoms with Crippen LogP contribution in [0.2, 0.25) is 0 Å². The quantitative estimate of drug-likeness (QED) is 0.626. The number of nitrogens with zero attached hydrogens (tertiary/aromatic N) is 2. The lowest BCUT2D eigenvalue weighted by atomic mass is 10.1. The Kier molecular flexibility index (Phi) is 6.94. The summed E-state index contributed by atoms with van der Waals surface area (Å²) in [6.07, 6.45) is 0. The molecule has 174 valence electrons. The van der Waals surface area contributed by atoms with Crippen LogP contribution in [0.25, 0.3) is 0 Å². The zero-order valence-corrected chi connectivity index (χ0v) is 20.1. The number of piperazine rings is 1. The summed E-state index contributed by atoms with van der Waals surface area (Å²) in [5, 5.41) is 0. The van der Waals surface area contributed by atoms with Gasteiger partial charge in [-0.3, -0.25) is 4.72 Å². The van der Waals surface area contributed by atoms with Crippen LogP contribution in [0.3, 0.4) is 0 Å². The molecule has 9 nitrogen and oxygen atoms in total. The number of likely N-dealkylation sites (N-methyl/N-ethyl adjacent to an activating group) is 1. The van der Waals surface area contributed by atoms with Crippen molar-refractivity contribution >= 4 is 31.7 Å². The number of hydrogen-bond acceptors (Lipinski definition) is 7. The van der Waals surface area contributed by atoms with Crippen LogP contribution in [-0.2, 0) is 24.8 Å². The van der Waals surface area contributed by atoms with Crippen molar-refractivity contribution in [2.45, 2.75) is 23.6 Å².